The molecule has 0 saturated heterocycles. The minimum absolute atomic E-state index is 0.0328. The highest BCUT2D eigenvalue weighted by molar-refractivity contribution is 5.94. The second-order valence-electron chi connectivity index (χ2n) is 11.9. The van der Waals surface area contributed by atoms with Crippen LogP contribution in [0.4, 0.5) is 0 Å². The van der Waals surface area contributed by atoms with Gasteiger partial charge in [0.2, 0.25) is 11.8 Å². The summed E-state index contributed by atoms with van der Waals surface area (Å²) < 4.78 is 5.82. The summed E-state index contributed by atoms with van der Waals surface area (Å²) in [5.41, 5.74) is 3.33. The molecule has 0 spiro atoms. The van der Waals surface area contributed by atoms with Crippen LogP contribution < -0.4 is 26.0 Å². The van der Waals surface area contributed by atoms with Gasteiger partial charge in [-0.3, -0.25) is 14.4 Å². The molecular formula is C36H46N4O5. The third-order valence-electron chi connectivity index (χ3n) is 8.30. The van der Waals surface area contributed by atoms with E-state index < -0.39 is 24.2 Å². The van der Waals surface area contributed by atoms with Crippen molar-refractivity contribution in [1.82, 2.24) is 21.3 Å². The number of aliphatic hydroxyl groups excluding tert-OH is 1. The monoisotopic (exact) mass is 614 g/mol. The van der Waals surface area contributed by atoms with Gasteiger partial charge in [-0.2, -0.15) is 0 Å². The molecule has 2 bridgehead atoms. The second kappa shape index (κ2) is 16.7. The Morgan fingerprint density at radius 1 is 1.02 bits per heavy atom. The van der Waals surface area contributed by atoms with E-state index >= 15 is 0 Å². The lowest BCUT2D eigenvalue weighted by atomic mass is 9.96. The van der Waals surface area contributed by atoms with Crippen molar-refractivity contribution in [3.8, 4) is 5.75 Å². The van der Waals surface area contributed by atoms with Crippen molar-refractivity contribution in [1.29, 1.82) is 0 Å². The third kappa shape index (κ3) is 10.2. The summed E-state index contributed by atoms with van der Waals surface area (Å²) in [5.74, 6) is -0.211. The summed E-state index contributed by atoms with van der Waals surface area (Å²) in [6.45, 7) is 6.78. The number of rotatable bonds is 10. The number of ether oxygens (including phenoxy) is 1. The molecule has 0 aromatic heterocycles. The number of benzene rings is 3. The molecular weight excluding hydrogens is 568 g/mol. The molecule has 5 rings (SSSR count). The van der Waals surface area contributed by atoms with Gasteiger partial charge in [0, 0.05) is 18.7 Å². The summed E-state index contributed by atoms with van der Waals surface area (Å²) >= 11 is 0. The average molecular weight is 615 g/mol. The summed E-state index contributed by atoms with van der Waals surface area (Å²) in [5, 5.41) is 23.7. The van der Waals surface area contributed by atoms with E-state index in [9.17, 15) is 19.5 Å². The number of amides is 3. The Labute approximate surface area is 266 Å². The molecule has 9 nitrogen and oxygen atoms in total. The summed E-state index contributed by atoms with van der Waals surface area (Å²) in [7, 11) is 0. The fourth-order valence-electron chi connectivity index (χ4n) is 5.35. The molecule has 5 atom stereocenters. The Balaban J connectivity index is 1.54. The van der Waals surface area contributed by atoms with E-state index in [-0.39, 0.29) is 30.2 Å². The zero-order valence-electron chi connectivity index (χ0n) is 26.4. The van der Waals surface area contributed by atoms with E-state index in [4.69, 9.17) is 4.74 Å². The zero-order chi connectivity index (χ0) is 32.2. The second-order valence-corrected chi connectivity index (χ2v) is 11.9. The van der Waals surface area contributed by atoms with E-state index in [0.29, 0.717) is 44.4 Å². The lowest BCUT2D eigenvalue weighted by Gasteiger charge is -2.29. The van der Waals surface area contributed by atoms with E-state index in [1.165, 1.54) is 0 Å². The topological polar surface area (TPSA) is 129 Å². The first-order chi connectivity index (χ1) is 21.7. The maximum Gasteiger partial charge on any atom is 0.251 e. The Morgan fingerprint density at radius 2 is 1.78 bits per heavy atom. The zero-order valence-corrected chi connectivity index (χ0v) is 26.4. The Morgan fingerprint density at radius 3 is 2.49 bits per heavy atom. The van der Waals surface area contributed by atoms with E-state index in [0.717, 1.165) is 22.4 Å². The number of hydrogen-bond donors (Lipinski definition) is 5. The van der Waals surface area contributed by atoms with Gasteiger partial charge < -0.3 is 31.1 Å². The lowest BCUT2D eigenvalue weighted by Crippen LogP contribution is -2.57. The first-order valence-electron chi connectivity index (χ1n) is 15.9. The van der Waals surface area contributed by atoms with Crippen molar-refractivity contribution < 1.29 is 24.2 Å². The standard InChI is InChI=1S/C36H46N4O5/c1-4-25(3)33-36(44)37-18-9-19-45-29-16-14-27(15-17-29)22-31(35(43)40-33)38-23-32(41)30(21-26-11-6-5-7-12-26)39-34(42)28-13-8-10-24(2)20-28/h5-8,10-17,20,25,30-33,38,41H,4,9,18-19,21-23H2,1-3H3,(H,37,44)(H,39,42)(H,40,43)/t25-,30-,31-,32+,33-/m0/s1. The van der Waals surface area contributed by atoms with Gasteiger partial charge in [0.1, 0.15) is 11.8 Å². The molecule has 0 fully saturated rings. The van der Waals surface area contributed by atoms with Crippen molar-refractivity contribution in [3.63, 3.8) is 0 Å². The minimum Gasteiger partial charge on any atom is -0.494 e. The Hall–Kier alpha value is -4.21. The maximum absolute atomic E-state index is 13.8. The summed E-state index contributed by atoms with van der Waals surface area (Å²) in [6, 6.07) is 22.5. The molecule has 240 valence electrons. The average Bonchev–Trinajstić information content (AvgIpc) is 3.05. The Bertz CT molecular complexity index is 1400. The molecule has 0 saturated carbocycles. The quantitative estimate of drug-likeness (QED) is 0.238. The van der Waals surface area contributed by atoms with Crippen molar-refractivity contribution in [3.05, 3.63) is 101 Å². The number of aryl methyl sites for hydroxylation is 1. The van der Waals surface area contributed by atoms with Crippen molar-refractivity contribution in [2.24, 2.45) is 5.92 Å². The van der Waals surface area contributed by atoms with Crippen LogP contribution in [0, 0.1) is 12.8 Å². The fraction of sp³-hybridized carbons (Fsp3) is 0.417. The van der Waals surface area contributed by atoms with Gasteiger partial charge in [0.25, 0.3) is 5.91 Å². The molecule has 45 heavy (non-hydrogen) atoms. The van der Waals surface area contributed by atoms with Crippen LogP contribution in [0.1, 0.15) is 53.7 Å². The normalized spacial score (nSPS) is 19.6. The number of fused-ring (bicyclic) bond motifs is 12. The maximum atomic E-state index is 13.8. The van der Waals surface area contributed by atoms with Gasteiger partial charge in [-0.1, -0.05) is 80.4 Å². The first-order valence-corrected chi connectivity index (χ1v) is 15.9. The van der Waals surface area contributed by atoms with Crippen molar-refractivity contribution in [2.75, 3.05) is 19.7 Å². The fourth-order valence-corrected chi connectivity index (χ4v) is 5.35. The predicted octanol–water partition coefficient (Wildman–Crippen LogP) is 3.33. The predicted molar refractivity (Wildman–Crippen MR) is 175 cm³/mol. The third-order valence-corrected chi connectivity index (χ3v) is 8.30. The van der Waals surface area contributed by atoms with Crippen LogP contribution in [-0.4, -0.2) is 66.8 Å². The molecule has 5 N–H and O–H groups in total. The first kappa shape index (κ1) is 33.7. The highest BCUT2D eigenvalue weighted by atomic mass is 16.5. The van der Waals surface area contributed by atoms with Crippen LogP contribution in [0.2, 0.25) is 0 Å². The number of nitrogens with one attached hydrogen (secondary N) is 4. The molecule has 0 aliphatic carbocycles. The number of carbonyl (C=O) groups excluding carboxylic acids is 3. The number of hydrogen-bond acceptors (Lipinski definition) is 6. The highest BCUT2D eigenvalue weighted by Gasteiger charge is 2.30. The van der Waals surface area contributed by atoms with Crippen LogP contribution in [0.3, 0.4) is 0 Å². The molecule has 3 aromatic carbocycles. The SMILES string of the molecule is CC[C@H](C)[C@@H]1NC(=O)[C@@H](NC[C@@H](O)[C@H](Cc2ccccc2)NC(=O)c2cccc(C)c2)Cc2ccc(cc2)OCCCNC1=O. The van der Waals surface area contributed by atoms with Crippen molar-refractivity contribution in [2.45, 2.75) is 70.7 Å². The van der Waals surface area contributed by atoms with Gasteiger partial charge >= 0.3 is 0 Å². The van der Waals surface area contributed by atoms with Crippen LogP contribution in [0.15, 0.2) is 78.9 Å². The van der Waals surface area contributed by atoms with Crippen LogP contribution in [0.5, 0.6) is 5.75 Å². The van der Waals surface area contributed by atoms with Gasteiger partial charge in [-0.05, 0) is 67.5 Å². The smallest absolute Gasteiger partial charge is 0.251 e. The van der Waals surface area contributed by atoms with Crippen molar-refractivity contribution >= 4 is 17.7 Å². The molecule has 2 heterocycles. The van der Waals surface area contributed by atoms with Crippen LogP contribution >= 0.6 is 0 Å². The molecule has 0 unspecified atom stereocenters. The van der Waals surface area contributed by atoms with Crippen LogP contribution in [0.25, 0.3) is 0 Å². The largest absolute Gasteiger partial charge is 0.494 e. The van der Waals surface area contributed by atoms with Gasteiger partial charge in [-0.25, -0.2) is 0 Å². The number of carbonyl (C=O) groups is 3. The Kier molecular flexibility index (Phi) is 12.5. The molecule has 2 aliphatic rings. The lowest BCUT2D eigenvalue weighted by molar-refractivity contribution is -0.131. The molecule has 2 aliphatic heterocycles. The van der Waals surface area contributed by atoms with Gasteiger partial charge in [0.15, 0.2) is 0 Å². The highest BCUT2D eigenvalue weighted by Crippen LogP contribution is 2.16. The van der Waals surface area contributed by atoms with E-state index in [1.807, 2.05) is 87.5 Å². The van der Waals surface area contributed by atoms with E-state index in [2.05, 4.69) is 21.3 Å². The van der Waals surface area contributed by atoms with Gasteiger partial charge in [-0.15, -0.1) is 0 Å². The molecule has 0 radical (unpaired) electrons. The van der Waals surface area contributed by atoms with Gasteiger partial charge in [0.05, 0.1) is 24.8 Å². The van der Waals surface area contributed by atoms with Crippen LogP contribution in [-0.2, 0) is 22.4 Å². The van der Waals surface area contributed by atoms with E-state index in [1.54, 1.807) is 12.1 Å². The summed E-state index contributed by atoms with van der Waals surface area (Å²) in [6.07, 6.45) is 1.05. The molecule has 3 aromatic rings. The molecule has 3 amide bonds. The summed E-state index contributed by atoms with van der Waals surface area (Å²) in [4.78, 5) is 40.1. The molecule has 9 heteroatoms. The number of aliphatic hydroxyl groups is 1. The minimum atomic E-state index is -1.02.